The molecule has 1 heterocycles. The van der Waals surface area contributed by atoms with Gasteiger partial charge in [0.15, 0.2) is 0 Å². The third-order valence-electron chi connectivity index (χ3n) is 5.43. The van der Waals surface area contributed by atoms with Crippen LogP contribution in [-0.4, -0.2) is 17.6 Å². The van der Waals surface area contributed by atoms with Crippen molar-refractivity contribution in [2.45, 2.75) is 44.6 Å². The first-order valence-electron chi connectivity index (χ1n) is 7.50. The molecular weight excluding hydrogens is 240 g/mol. The van der Waals surface area contributed by atoms with Crippen LogP contribution < -0.4 is 5.32 Å². The molecule has 0 saturated heterocycles. The number of nitrogens with one attached hydrogen (secondary N) is 1. The molecule has 0 aromatic carbocycles. The van der Waals surface area contributed by atoms with E-state index in [0.29, 0.717) is 0 Å². The molecule has 1 aromatic rings. The van der Waals surface area contributed by atoms with E-state index in [2.05, 4.69) is 15.7 Å². The number of rotatable bonds is 4. The summed E-state index contributed by atoms with van der Waals surface area (Å²) in [7, 11) is 0. The molecule has 0 atom stereocenters. The molecule has 4 aliphatic carbocycles. The van der Waals surface area contributed by atoms with E-state index in [1.165, 1.54) is 30.7 Å². The third kappa shape index (κ3) is 2.01. The highest BCUT2D eigenvalue weighted by Gasteiger charge is 2.47. The van der Waals surface area contributed by atoms with Crippen LogP contribution in [0, 0.1) is 23.7 Å². The van der Waals surface area contributed by atoms with Crippen LogP contribution in [0.25, 0.3) is 0 Å². The number of hydrogen-bond acceptors (Lipinski definition) is 3. The lowest BCUT2D eigenvalue weighted by Crippen LogP contribution is -2.54. The van der Waals surface area contributed by atoms with E-state index in [-0.39, 0.29) is 0 Å². The van der Waals surface area contributed by atoms with E-state index in [0.717, 1.165) is 42.7 Å². The average Bonchev–Trinajstić information content (AvgIpc) is 2.85. The van der Waals surface area contributed by atoms with Crippen molar-refractivity contribution in [3.63, 3.8) is 0 Å². The third-order valence-corrected chi connectivity index (χ3v) is 6.27. The summed E-state index contributed by atoms with van der Waals surface area (Å²) < 4.78 is 0. The van der Waals surface area contributed by atoms with Gasteiger partial charge in [0.2, 0.25) is 0 Å². The van der Waals surface area contributed by atoms with Crippen molar-refractivity contribution in [3.8, 4) is 0 Å². The highest BCUT2D eigenvalue weighted by molar-refractivity contribution is 7.09. The second-order valence-electron chi connectivity index (χ2n) is 6.59. The number of aromatic nitrogens is 1. The van der Waals surface area contributed by atoms with Gasteiger partial charge in [-0.1, -0.05) is 0 Å². The lowest BCUT2D eigenvalue weighted by atomic mass is 9.54. The molecule has 4 saturated carbocycles. The Morgan fingerprint density at radius 1 is 1.11 bits per heavy atom. The SMILES string of the molecule is c1csc(CCNC2C3CC4CC(C3)CC2C4)n1. The number of nitrogens with zero attached hydrogens (tertiary/aromatic N) is 1. The molecule has 0 aliphatic heterocycles. The van der Waals surface area contributed by atoms with E-state index >= 15 is 0 Å². The molecule has 0 amide bonds. The van der Waals surface area contributed by atoms with Gasteiger partial charge in [-0.15, -0.1) is 11.3 Å². The largest absolute Gasteiger partial charge is 0.313 e. The molecule has 0 unspecified atom stereocenters. The van der Waals surface area contributed by atoms with Crippen molar-refractivity contribution in [2.75, 3.05) is 6.54 Å². The Morgan fingerprint density at radius 2 is 1.83 bits per heavy atom. The summed E-state index contributed by atoms with van der Waals surface area (Å²) in [6.45, 7) is 1.13. The van der Waals surface area contributed by atoms with Gasteiger partial charge in [0.05, 0.1) is 5.01 Å². The predicted molar refractivity (Wildman–Crippen MR) is 74.7 cm³/mol. The Hall–Kier alpha value is -0.410. The molecule has 1 N–H and O–H groups in total. The van der Waals surface area contributed by atoms with Crippen molar-refractivity contribution < 1.29 is 0 Å². The minimum absolute atomic E-state index is 0.831. The van der Waals surface area contributed by atoms with Crippen molar-refractivity contribution in [2.24, 2.45) is 23.7 Å². The molecule has 0 spiro atoms. The highest BCUT2D eigenvalue weighted by atomic mass is 32.1. The summed E-state index contributed by atoms with van der Waals surface area (Å²) in [5.41, 5.74) is 0. The summed E-state index contributed by atoms with van der Waals surface area (Å²) >= 11 is 1.79. The van der Waals surface area contributed by atoms with E-state index in [4.69, 9.17) is 0 Å². The average molecular weight is 262 g/mol. The number of hydrogen-bond donors (Lipinski definition) is 1. The second kappa shape index (κ2) is 4.61. The van der Waals surface area contributed by atoms with Gasteiger partial charge in [0.25, 0.3) is 0 Å². The molecule has 4 bridgehead atoms. The van der Waals surface area contributed by atoms with Crippen molar-refractivity contribution in [1.29, 1.82) is 0 Å². The van der Waals surface area contributed by atoms with Gasteiger partial charge in [-0.05, 0) is 55.8 Å². The maximum Gasteiger partial charge on any atom is 0.0937 e. The zero-order chi connectivity index (χ0) is 11.9. The quantitative estimate of drug-likeness (QED) is 0.902. The first kappa shape index (κ1) is 11.4. The lowest BCUT2D eigenvalue weighted by molar-refractivity contribution is -0.0133. The molecule has 18 heavy (non-hydrogen) atoms. The molecule has 4 fully saturated rings. The van der Waals surface area contributed by atoms with Crippen LogP contribution in [-0.2, 0) is 6.42 Å². The minimum atomic E-state index is 0.831. The monoisotopic (exact) mass is 262 g/mol. The smallest absolute Gasteiger partial charge is 0.0937 e. The molecule has 5 rings (SSSR count). The lowest BCUT2D eigenvalue weighted by Gasteiger charge is -2.54. The number of thiazole rings is 1. The zero-order valence-electron chi connectivity index (χ0n) is 10.8. The standard InChI is InChI=1S/C15H22N2S/c1(14-16-3-4-18-14)2-17-15-12-6-10-5-11(8-12)9-13(15)7-10/h3-4,10-13,15,17H,1-2,5-9H2. The highest BCUT2D eigenvalue weighted by Crippen LogP contribution is 2.53. The summed E-state index contributed by atoms with van der Waals surface area (Å²) in [5.74, 6) is 4.17. The van der Waals surface area contributed by atoms with E-state index in [1.54, 1.807) is 17.8 Å². The summed E-state index contributed by atoms with van der Waals surface area (Å²) in [5, 5.41) is 7.23. The fourth-order valence-electron chi connectivity index (χ4n) is 4.98. The predicted octanol–water partition coefficient (Wildman–Crippen LogP) is 3.10. The molecule has 3 heteroatoms. The van der Waals surface area contributed by atoms with Gasteiger partial charge in [-0.2, -0.15) is 0 Å². The fraction of sp³-hybridized carbons (Fsp3) is 0.800. The Labute approximate surface area is 113 Å². The first-order valence-corrected chi connectivity index (χ1v) is 8.38. The summed E-state index contributed by atoms with van der Waals surface area (Å²) in [4.78, 5) is 4.37. The van der Waals surface area contributed by atoms with Crippen molar-refractivity contribution >= 4 is 11.3 Å². The van der Waals surface area contributed by atoms with Gasteiger partial charge < -0.3 is 5.32 Å². The van der Waals surface area contributed by atoms with E-state index < -0.39 is 0 Å². The van der Waals surface area contributed by atoms with Gasteiger partial charge in [-0.3, -0.25) is 0 Å². The second-order valence-corrected chi connectivity index (χ2v) is 7.57. The molecule has 0 radical (unpaired) electrons. The topological polar surface area (TPSA) is 24.9 Å². The molecule has 1 aromatic heterocycles. The van der Waals surface area contributed by atoms with Crippen LogP contribution in [0.2, 0.25) is 0 Å². The van der Waals surface area contributed by atoms with Crippen LogP contribution in [0.3, 0.4) is 0 Å². The van der Waals surface area contributed by atoms with Crippen molar-refractivity contribution in [1.82, 2.24) is 10.3 Å². The molecule has 4 aliphatic rings. The Bertz CT molecular complexity index is 373. The Kier molecular flexibility index (Phi) is 2.92. The van der Waals surface area contributed by atoms with E-state index in [9.17, 15) is 0 Å². The van der Waals surface area contributed by atoms with Crippen LogP contribution in [0.5, 0.6) is 0 Å². The van der Waals surface area contributed by atoms with Crippen LogP contribution in [0.1, 0.15) is 37.1 Å². The van der Waals surface area contributed by atoms with Gasteiger partial charge >= 0.3 is 0 Å². The van der Waals surface area contributed by atoms with E-state index in [1.807, 2.05) is 6.20 Å². The van der Waals surface area contributed by atoms with Crippen LogP contribution in [0.4, 0.5) is 0 Å². The fourth-order valence-corrected chi connectivity index (χ4v) is 5.60. The molecular formula is C15H22N2S. The normalized spacial score (nSPS) is 41.4. The Morgan fingerprint density at radius 3 is 2.44 bits per heavy atom. The zero-order valence-corrected chi connectivity index (χ0v) is 11.7. The van der Waals surface area contributed by atoms with Gasteiger partial charge in [0.1, 0.15) is 0 Å². The van der Waals surface area contributed by atoms with Gasteiger partial charge in [-0.25, -0.2) is 4.98 Å². The molecule has 98 valence electrons. The van der Waals surface area contributed by atoms with Gasteiger partial charge in [0, 0.05) is 30.6 Å². The maximum absolute atomic E-state index is 4.37. The van der Waals surface area contributed by atoms with Crippen molar-refractivity contribution in [3.05, 3.63) is 16.6 Å². The van der Waals surface area contributed by atoms with Crippen LogP contribution in [0.15, 0.2) is 11.6 Å². The van der Waals surface area contributed by atoms with Crippen LogP contribution >= 0.6 is 11.3 Å². The maximum atomic E-state index is 4.37. The molecule has 2 nitrogen and oxygen atoms in total. The Balaban J connectivity index is 1.35. The summed E-state index contributed by atoms with van der Waals surface area (Å²) in [6, 6.07) is 0.831. The minimum Gasteiger partial charge on any atom is -0.313 e. The summed E-state index contributed by atoms with van der Waals surface area (Å²) in [6.07, 6.45) is 10.6. The first-order chi connectivity index (χ1) is 8.88.